The van der Waals surface area contributed by atoms with E-state index in [-0.39, 0.29) is 5.78 Å². The lowest BCUT2D eigenvalue weighted by Gasteiger charge is -2.13. The lowest BCUT2D eigenvalue weighted by atomic mass is 10.1. The molecule has 0 saturated carbocycles. The zero-order valence-corrected chi connectivity index (χ0v) is 17.0. The number of nitrogens with zero attached hydrogens (tertiary/aromatic N) is 1. The average Bonchev–Trinajstić information content (AvgIpc) is 3.04. The number of aryl methyl sites for hydroxylation is 2. The van der Waals surface area contributed by atoms with E-state index >= 15 is 0 Å². The molecule has 3 rings (SSSR count). The topological polar surface area (TPSA) is 78.6 Å². The molecule has 0 aliphatic carbocycles. The number of halogens is 1. The van der Waals surface area contributed by atoms with Gasteiger partial charge in [0, 0.05) is 10.6 Å². The van der Waals surface area contributed by atoms with Crippen molar-refractivity contribution in [2.75, 3.05) is 0 Å². The molecule has 0 aliphatic rings. The summed E-state index contributed by atoms with van der Waals surface area (Å²) >= 11 is 5.83. The Morgan fingerprint density at radius 3 is 2.24 bits per heavy atom. The van der Waals surface area contributed by atoms with Gasteiger partial charge in [-0.2, -0.15) is 0 Å². The second kappa shape index (κ2) is 8.92. The Morgan fingerprint density at radius 1 is 1.03 bits per heavy atom. The van der Waals surface area contributed by atoms with Crippen LogP contribution in [0.15, 0.2) is 53.1 Å². The van der Waals surface area contributed by atoms with Crippen molar-refractivity contribution in [1.82, 2.24) is 5.16 Å². The molecule has 2 aromatic carbocycles. The van der Waals surface area contributed by atoms with Gasteiger partial charge < -0.3 is 14.0 Å². The van der Waals surface area contributed by atoms with Crippen LogP contribution in [0, 0.1) is 13.8 Å². The van der Waals surface area contributed by atoms with Crippen LogP contribution < -0.4 is 4.74 Å². The number of esters is 1. The minimum Gasteiger partial charge on any atom is -0.489 e. The number of ketones is 1. The van der Waals surface area contributed by atoms with E-state index in [1.165, 1.54) is 6.92 Å². The molecular formula is C22H20ClNO5. The summed E-state index contributed by atoms with van der Waals surface area (Å²) in [5.74, 6) is 0.417. The Hall–Kier alpha value is -3.12. The van der Waals surface area contributed by atoms with Gasteiger partial charge in [0.1, 0.15) is 18.1 Å². The lowest BCUT2D eigenvalue weighted by molar-refractivity contribution is 0.0319. The van der Waals surface area contributed by atoms with Crippen molar-refractivity contribution in [3.63, 3.8) is 0 Å². The molecule has 0 saturated heterocycles. The standard InChI is InChI=1S/C22H20ClNO5/c1-13-20(14(2)29-24-13)12-27-19-10-6-17(7-11-19)22(26)28-15(3)21(25)16-4-8-18(23)9-5-16/h4-11,15H,12H2,1-3H3/t15-/m0/s1. The Labute approximate surface area is 173 Å². The number of rotatable bonds is 7. The third-order valence-electron chi connectivity index (χ3n) is 4.44. The molecule has 6 nitrogen and oxygen atoms in total. The first-order valence-electron chi connectivity index (χ1n) is 9.00. The Balaban J connectivity index is 1.58. The van der Waals surface area contributed by atoms with Crippen molar-refractivity contribution in [2.24, 2.45) is 0 Å². The quantitative estimate of drug-likeness (QED) is 0.402. The molecule has 29 heavy (non-hydrogen) atoms. The number of carbonyl (C=O) groups excluding carboxylic acids is 2. The van der Waals surface area contributed by atoms with Crippen molar-refractivity contribution in [2.45, 2.75) is 33.5 Å². The minimum atomic E-state index is -0.917. The van der Waals surface area contributed by atoms with Gasteiger partial charge in [-0.15, -0.1) is 0 Å². The number of aromatic nitrogens is 1. The van der Waals surface area contributed by atoms with Gasteiger partial charge in [0.15, 0.2) is 6.10 Å². The average molecular weight is 414 g/mol. The molecular weight excluding hydrogens is 394 g/mol. The molecule has 3 aromatic rings. The fourth-order valence-electron chi connectivity index (χ4n) is 2.68. The monoisotopic (exact) mass is 413 g/mol. The summed E-state index contributed by atoms with van der Waals surface area (Å²) in [6.07, 6.45) is -0.917. The van der Waals surface area contributed by atoms with Crippen molar-refractivity contribution >= 4 is 23.4 Å². The first-order valence-corrected chi connectivity index (χ1v) is 9.38. The van der Waals surface area contributed by atoms with Gasteiger partial charge in [-0.3, -0.25) is 4.79 Å². The van der Waals surface area contributed by atoms with Gasteiger partial charge in [0.05, 0.1) is 16.8 Å². The molecule has 0 spiro atoms. The summed E-state index contributed by atoms with van der Waals surface area (Å²) in [7, 11) is 0. The fraction of sp³-hybridized carbons (Fsp3) is 0.227. The summed E-state index contributed by atoms with van der Waals surface area (Å²) in [5, 5.41) is 4.41. The summed E-state index contributed by atoms with van der Waals surface area (Å²) in [6.45, 7) is 5.53. The van der Waals surface area contributed by atoms with Gasteiger partial charge in [-0.25, -0.2) is 4.79 Å². The molecule has 0 fully saturated rings. The van der Waals surface area contributed by atoms with Crippen LogP contribution >= 0.6 is 11.6 Å². The lowest BCUT2D eigenvalue weighted by Crippen LogP contribution is -2.24. The second-order valence-electron chi connectivity index (χ2n) is 6.53. The number of hydrogen-bond acceptors (Lipinski definition) is 6. The summed E-state index contributed by atoms with van der Waals surface area (Å²) < 4.78 is 16.1. The molecule has 1 aromatic heterocycles. The maximum atomic E-state index is 12.4. The van der Waals surface area contributed by atoms with Gasteiger partial charge in [-0.05, 0) is 69.3 Å². The number of hydrogen-bond donors (Lipinski definition) is 0. The normalized spacial score (nSPS) is 11.7. The predicted molar refractivity (Wildman–Crippen MR) is 107 cm³/mol. The molecule has 0 unspecified atom stereocenters. The highest BCUT2D eigenvalue weighted by atomic mass is 35.5. The highest BCUT2D eigenvalue weighted by molar-refractivity contribution is 6.30. The van der Waals surface area contributed by atoms with E-state index in [0.717, 1.165) is 11.3 Å². The van der Waals surface area contributed by atoms with Crippen LogP contribution in [0.2, 0.25) is 5.02 Å². The van der Waals surface area contributed by atoms with Gasteiger partial charge in [0.2, 0.25) is 5.78 Å². The predicted octanol–water partition coefficient (Wildman–Crippen LogP) is 4.95. The van der Waals surface area contributed by atoms with Crippen LogP contribution in [-0.4, -0.2) is 23.0 Å². The van der Waals surface area contributed by atoms with E-state index in [9.17, 15) is 9.59 Å². The molecule has 0 bridgehead atoms. The molecule has 0 N–H and O–H groups in total. The SMILES string of the molecule is Cc1noc(C)c1COc1ccc(C(=O)O[C@@H](C)C(=O)c2ccc(Cl)cc2)cc1. The van der Waals surface area contributed by atoms with E-state index in [0.29, 0.717) is 34.3 Å². The zero-order chi connectivity index (χ0) is 21.0. The molecule has 1 heterocycles. The number of Topliss-reactive ketones (excluding diaryl/α,β-unsaturated/α-hetero) is 1. The van der Waals surface area contributed by atoms with Gasteiger partial charge >= 0.3 is 5.97 Å². The summed E-state index contributed by atoms with van der Waals surface area (Å²) in [6, 6.07) is 12.9. The van der Waals surface area contributed by atoms with E-state index in [1.54, 1.807) is 48.5 Å². The van der Waals surface area contributed by atoms with Crippen LogP contribution in [0.1, 0.15) is 44.7 Å². The van der Waals surface area contributed by atoms with Crippen LogP contribution in [0.4, 0.5) is 0 Å². The van der Waals surface area contributed by atoms with Gasteiger partial charge in [0.25, 0.3) is 0 Å². The van der Waals surface area contributed by atoms with Crippen LogP contribution in [0.5, 0.6) is 5.75 Å². The highest BCUT2D eigenvalue weighted by Crippen LogP contribution is 2.19. The van der Waals surface area contributed by atoms with Crippen molar-refractivity contribution in [1.29, 1.82) is 0 Å². The molecule has 150 valence electrons. The fourth-order valence-corrected chi connectivity index (χ4v) is 2.81. The second-order valence-corrected chi connectivity index (χ2v) is 6.97. The first-order chi connectivity index (χ1) is 13.8. The van der Waals surface area contributed by atoms with E-state index < -0.39 is 12.1 Å². The Bertz CT molecular complexity index is 989. The van der Waals surface area contributed by atoms with E-state index in [1.807, 2.05) is 13.8 Å². The smallest absolute Gasteiger partial charge is 0.338 e. The molecule has 0 aliphatic heterocycles. The molecule has 7 heteroatoms. The summed E-state index contributed by atoms with van der Waals surface area (Å²) in [4.78, 5) is 24.7. The largest absolute Gasteiger partial charge is 0.489 e. The van der Waals surface area contributed by atoms with Crippen molar-refractivity contribution < 1.29 is 23.6 Å². The van der Waals surface area contributed by atoms with Crippen LogP contribution in [0.25, 0.3) is 0 Å². The van der Waals surface area contributed by atoms with E-state index in [2.05, 4.69) is 5.16 Å². The van der Waals surface area contributed by atoms with Crippen molar-refractivity contribution in [3.8, 4) is 5.75 Å². The first kappa shape index (κ1) is 20.6. The third kappa shape index (κ3) is 5.03. The molecule has 0 amide bonds. The zero-order valence-electron chi connectivity index (χ0n) is 16.3. The van der Waals surface area contributed by atoms with E-state index in [4.69, 9.17) is 25.6 Å². The number of benzene rings is 2. The van der Waals surface area contributed by atoms with Gasteiger partial charge in [-0.1, -0.05) is 16.8 Å². The minimum absolute atomic E-state index is 0.297. The molecule has 0 radical (unpaired) electrons. The Kier molecular flexibility index (Phi) is 6.34. The summed E-state index contributed by atoms with van der Waals surface area (Å²) in [5.41, 5.74) is 2.42. The Morgan fingerprint density at radius 2 is 1.66 bits per heavy atom. The highest BCUT2D eigenvalue weighted by Gasteiger charge is 2.20. The van der Waals surface area contributed by atoms with Crippen LogP contribution in [0.3, 0.4) is 0 Å². The number of carbonyl (C=O) groups is 2. The molecule has 1 atom stereocenters. The van der Waals surface area contributed by atoms with Crippen LogP contribution in [-0.2, 0) is 11.3 Å². The van der Waals surface area contributed by atoms with Crippen molar-refractivity contribution in [3.05, 3.63) is 81.7 Å². The maximum absolute atomic E-state index is 12.4. The maximum Gasteiger partial charge on any atom is 0.338 e. The third-order valence-corrected chi connectivity index (χ3v) is 4.69. The number of ether oxygens (including phenoxy) is 2.